The number of amides is 1. The summed E-state index contributed by atoms with van der Waals surface area (Å²) in [4.78, 5) is 23.5. The van der Waals surface area contributed by atoms with Crippen molar-refractivity contribution >= 4 is 17.6 Å². The SMILES string of the molecule is CC(C)c1ccc(NC(=O)COC(=O)CCC2CCCC2)cc1. The molecule has 23 heavy (non-hydrogen) atoms. The van der Waals surface area contributed by atoms with Gasteiger partial charge in [0.15, 0.2) is 6.61 Å². The standard InChI is InChI=1S/C19H27NO3/c1-14(2)16-8-10-17(11-9-16)20-18(21)13-23-19(22)12-7-15-5-3-4-6-15/h8-11,14-15H,3-7,12-13H2,1-2H3,(H,20,21). The lowest BCUT2D eigenvalue weighted by molar-refractivity contribution is -0.147. The van der Waals surface area contributed by atoms with Crippen molar-refractivity contribution in [1.29, 1.82) is 0 Å². The van der Waals surface area contributed by atoms with Crippen molar-refractivity contribution < 1.29 is 14.3 Å². The maximum absolute atomic E-state index is 11.8. The number of ether oxygens (including phenoxy) is 1. The molecule has 1 fully saturated rings. The molecule has 0 radical (unpaired) electrons. The monoisotopic (exact) mass is 317 g/mol. The molecule has 1 aromatic rings. The number of esters is 1. The molecule has 1 aliphatic carbocycles. The van der Waals surface area contributed by atoms with Crippen LogP contribution in [0.5, 0.6) is 0 Å². The third-order valence-corrected chi connectivity index (χ3v) is 4.46. The summed E-state index contributed by atoms with van der Waals surface area (Å²) in [6.07, 6.45) is 6.30. The van der Waals surface area contributed by atoms with Crippen LogP contribution in [0.2, 0.25) is 0 Å². The zero-order chi connectivity index (χ0) is 16.7. The van der Waals surface area contributed by atoms with Crippen molar-refractivity contribution in [3.8, 4) is 0 Å². The highest BCUT2D eigenvalue weighted by atomic mass is 16.5. The van der Waals surface area contributed by atoms with Crippen molar-refractivity contribution in [3.05, 3.63) is 29.8 Å². The molecule has 126 valence electrons. The summed E-state index contributed by atoms with van der Waals surface area (Å²) >= 11 is 0. The van der Waals surface area contributed by atoms with Gasteiger partial charge in [0, 0.05) is 12.1 Å². The van der Waals surface area contributed by atoms with Gasteiger partial charge in [-0.15, -0.1) is 0 Å². The lowest BCUT2D eigenvalue weighted by atomic mass is 10.0. The fourth-order valence-electron chi connectivity index (χ4n) is 2.99. The number of anilines is 1. The normalized spacial score (nSPS) is 14.9. The van der Waals surface area contributed by atoms with Crippen LogP contribution in [0.1, 0.15) is 63.9 Å². The molecule has 0 aromatic heterocycles. The minimum absolute atomic E-state index is 0.213. The van der Waals surface area contributed by atoms with Gasteiger partial charge in [-0.1, -0.05) is 51.7 Å². The molecule has 4 nitrogen and oxygen atoms in total. The van der Waals surface area contributed by atoms with Crippen molar-refractivity contribution in [3.63, 3.8) is 0 Å². The molecule has 0 heterocycles. The van der Waals surface area contributed by atoms with E-state index in [9.17, 15) is 9.59 Å². The molecule has 0 aliphatic heterocycles. The first-order valence-corrected chi connectivity index (χ1v) is 8.60. The predicted octanol–water partition coefficient (Wildman–Crippen LogP) is 4.26. The fraction of sp³-hybridized carbons (Fsp3) is 0.579. The van der Waals surface area contributed by atoms with Crippen LogP contribution in [0, 0.1) is 5.92 Å². The van der Waals surface area contributed by atoms with Crippen LogP contribution in [-0.4, -0.2) is 18.5 Å². The third-order valence-electron chi connectivity index (χ3n) is 4.46. The summed E-state index contributed by atoms with van der Waals surface area (Å²) < 4.78 is 5.05. The minimum atomic E-state index is -0.295. The van der Waals surface area contributed by atoms with Crippen molar-refractivity contribution in [2.24, 2.45) is 5.92 Å². The Morgan fingerprint density at radius 3 is 2.43 bits per heavy atom. The first-order chi connectivity index (χ1) is 11.0. The number of hydrogen-bond donors (Lipinski definition) is 1. The Morgan fingerprint density at radius 2 is 1.83 bits per heavy atom. The van der Waals surface area contributed by atoms with E-state index in [0.717, 1.165) is 12.1 Å². The van der Waals surface area contributed by atoms with Crippen LogP contribution in [-0.2, 0) is 14.3 Å². The van der Waals surface area contributed by atoms with Crippen molar-refractivity contribution in [2.75, 3.05) is 11.9 Å². The Morgan fingerprint density at radius 1 is 1.17 bits per heavy atom. The van der Waals surface area contributed by atoms with E-state index < -0.39 is 0 Å². The van der Waals surface area contributed by atoms with E-state index in [1.807, 2.05) is 24.3 Å². The molecule has 0 atom stereocenters. The van der Waals surface area contributed by atoms with E-state index in [1.54, 1.807) is 0 Å². The van der Waals surface area contributed by atoms with Crippen molar-refractivity contribution in [2.45, 2.75) is 58.3 Å². The van der Waals surface area contributed by atoms with E-state index in [1.165, 1.54) is 31.2 Å². The van der Waals surface area contributed by atoms with Crippen LogP contribution < -0.4 is 5.32 Å². The fourth-order valence-corrected chi connectivity index (χ4v) is 2.99. The molecule has 0 bridgehead atoms. The maximum atomic E-state index is 11.8. The zero-order valence-electron chi connectivity index (χ0n) is 14.1. The van der Waals surface area contributed by atoms with E-state index in [0.29, 0.717) is 18.3 Å². The Labute approximate surface area is 138 Å². The topological polar surface area (TPSA) is 55.4 Å². The lowest BCUT2D eigenvalue weighted by Gasteiger charge is -2.10. The number of benzene rings is 1. The quantitative estimate of drug-likeness (QED) is 0.764. The maximum Gasteiger partial charge on any atom is 0.306 e. The molecular weight excluding hydrogens is 290 g/mol. The van der Waals surface area contributed by atoms with Crippen LogP contribution in [0.3, 0.4) is 0 Å². The summed E-state index contributed by atoms with van der Waals surface area (Å²) in [5.74, 6) is 0.551. The largest absolute Gasteiger partial charge is 0.456 e. The number of carbonyl (C=O) groups is 2. The highest BCUT2D eigenvalue weighted by molar-refractivity contribution is 5.92. The van der Waals surface area contributed by atoms with Crippen LogP contribution >= 0.6 is 0 Å². The number of nitrogens with one attached hydrogen (secondary N) is 1. The van der Waals surface area contributed by atoms with Gasteiger partial charge in [0.1, 0.15) is 0 Å². The van der Waals surface area contributed by atoms with E-state index in [-0.39, 0.29) is 18.5 Å². The lowest BCUT2D eigenvalue weighted by Crippen LogP contribution is -2.21. The van der Waals surface area contributed by atoms with Crippen LogP contribution in [0.15, 0.2) is 24.3 Å². The van der Waals surface area contributed by atoms with Gasteiger partial charge in [0.05, 0.1) is 0 Å². The summed E-state index contributed by atoms with van der Waals surface area (Å²) in [6.45, 7) is 4.03. The number of rotatable bonds is 7. The molecule has 1 N–H and O–H groups in total. The number of carbonyl (C=O) groups excluding carboxylic acids is 2. The van der Waals surface area contributed by atoms with Gasteiger partial charge in [-0.25, -0.2) is 0 Å². The Kier molecular flexibility index (Phi) is 6.63. The molecule has 1 aliphatic rings. The second kappa shape index (κ2) is 8.70. The van der Waals surface area contributed by atoms with Gasteiger partial charge in [-0.05, 0) is 36.0 Å². The van der Waals surface area contributed by atoms with Crippen LogP contribution in [0.25, 0.3) is 0 Å². The predicted molar refractivity (Wildman–Crippen MR) is 91.3 cm³/mol. The Bertz CT molecular complexity index is 516. The summed E-state index contributed by atoms with van der Waals surface area (Å²) in [5, 5.41) is 2.74. The summed E-state index contributed by atoms with van der Waals surface area (Å²) in [7, 11) is 0. The Balaban J connectivity index is 1.66. The van der Waals surface area contributed by atoms with Gasteiger partial charge in [0.2, 0.25) is 0 Å². The second-order valence-corrected chi connectivity index (χ2v) is 6.67. The van der Waals surface area contributed by atoms with Gasteiger partial charge in [-0.3, -0.25) is 9.59 Å². The second-order valence-electron chi connectivity index (χ2n) is 6.67. The average molecular weight is 317 g/mol. The van der Waals surface area contributed by atoms with Gasteiger partial charge >= 0.3 is 5.97 Å². The molecule has 0 spiro atoms. The Hall–Kier alpha value is -1.84. The zero-order valence-corrected chi connectivity index (χ0v) is 14.1. The molecule has 0 saturated heterocycles. The molecule has 2 rings (SSSR count). The highest BCUT2D eigenvalue weighted by Crippen LogP contribution is 2.28. The minimum Gasteiger partial charge on any atom is -0.456 e. The smallest absolute Gasteiger partial charge is 0.306 e. The highest BCUT2D eigenvalue weighted by Gasteiger charge is 2.17. The van der Waals surface area contributed by atoms with Gasteiger partial charge in [0.25, 0.3) is 5.91 Å². The molecule has 1 saturated carbocycles. The van der Waals surface area contributed by atoms with Gasteiger partial charge < -0.3 is 10.1 Å². The summed E-state index contributed by atoms with van der Waals surface area (Å²) in [6, 6.07) is 7.73. The van der Waals surface area contributed by atoms with E-state index >= 15 is 0 Å². The van der Waals surface area contributed by atoms with E-state index in [2.05, 4.69) is 19.2 Å². The summed E-state index contributed by atoms with van der Waals surface area (Å²) in [5.41, 5.74) is 1.95. The molecular formula is C19H27NO3. The molecule has 1 aromatic carbocycles. The van der Waals surface area contributed by atoms with Crippen molar-refractivity contribution in [1.82, 2.24) is 0 Å². The first-order valence-electron chi connectivity index (χ1n) is 8.60. The first kappa shape index (κ1) is 17.5. The molecule has 0 unspecified atom stereocenters. The molecule has 1 amide bonds. The average Bonchev–Trinajstić information content (AvgIpc) is 3.05. The third kappa shape index (κ3) is 6.05. The van der Waals surface area contributed by atoms with Crippen LogP contribution in [0.4, 0.5) is 5.69 Å². The number of hydrogen-bond acceptors (Lipinski definition) is 3. The van der Waals surface area contributed by atoms with Gasteiger partial charge in [-0.2, -0.15) is 0 Å². The molecule has 4 heteroatoms. The van der Waals surface area contributed by atoms with E-state index in [4.69, 9.17) is 4.74 Å².